The van der Waals surface area contributed by atoms with Gasteiger partial charge in [-0.2, -0.15) is 0 Å². The van der Waals surface area contributed by atoms with Gasteiger partial charge in [-0.3, -0.25) is 0 Å². The second kappa shape index (κ2) is 4.30. The summed E-state index contributed by atoms with van der Waals surface area (Å²) in [7, 11) is 0. The van der Waals surface area contributed by atoms with Gasteiger partial charge in [0.2, 0.25) is 0 Å². The van der Waals surface area contributed by atoms with Gasteiger partial charge in [0.1, 0.15) is 5.60 Å². The summed E-state index contributed by atoms with van der Waals surface area (Å²) in [6.07, 6.45) is 0.642. The predicted molar refractivity (Wildman–Crippen MR) is 71.6 cm³/mol. The van der Waals surface area contributed by atoms with E-state index in [-0.39, 0.29) is 17.6 Å². The van der Waals surface area contributed by atoms with Crippen LogP contribution in [-0.4, -0.2) is 17.7 Å². The van der Waals surface area contributed by atoms with Crippen LogP contribution >= 0.6 is 0 Å². The minimum absolute atomic E-state index is 0.0537. The molecule has 0 saturated heterocycles. The Morgan fingerprint density at radius 1 is 1.33 bits per heavy atom. The molecule has 0 bridgehead atoms. The molecule has 1 fully saturated rings. The molecule has 1 N–H and O–H groups in total. The summed E-state index contributed by atoms with van der Waals surface area (Å²) in [6.45, 7) is 7.78. The van der Waals surface area contributed by atoms with Crippen molar-refractivity contribution in [2.75, 3.05) is 0 Å². The lowest BCUT2D eigenvalue weighted by atomic mass is 9.98. The Morgan fingerprint density at radius 2 is 1.94 bits per heavy atom. The van der Waals surface area contributed by atoms with Crippen molar-refractivity contribution in [3.05, 3.63) is 35.9 Å². The van der Waals surface area contributed by atoms with E-state index >= 15 is 0 Å². The number of carbonyl (C=O) groups is 1. The Bertz CT molecular complexity index is 436. The third kappa shape index (κ3) is 2.84. The minimum atomic E-state index is -0.442. The number of benzene rings is 1. The number of amides is 1. The van der Waals surface area contributed by atoms with E-state index in [0.29, 0.717) is 0 Å². The number of nitrogens with one attached hydrogen (secondary N) is 1. The Kier molecular flexibility index (Phi) is 3.09. The van der Waals surface area contributed by atoms with E-state index in [9.17, 15) is 4.79 Å². The molecule has 0 spiro atoms. The van der Waals surface area contributed by atoms with Crippen LogP contribution < -0.4 is 5.32 Å². The smallest absolute Gasteiger partial charge is 0.407 e. The summed E-state index contributed by atoms with van der Waals surface area (Å²) >= 11 is 0. The maximum Gasteiger partial charge on any atom is 0.407 e. The summed E-state index contributed by atoms with van der Waals surface area (Å²) < 4.78 is 5.27. The molecule has 3 heteroatoms. The highest BCUT2D eigenvalue weighted by Gasteiger charge is 2.52. The molecule has 98 valence electrons. The molecule has 2 unspecified atom stereocenters. The van der Waals surface area contributed by atoms with Crippen molar-refractivity contribution in [3.8, 4) is 0 Å². The van der Waals surface area contributed by atoms with Crippen molar-refractivity contribution in [2.45, 2.75) is 51.2 Å². The fourth-order valence-electron chi connectivity index (χ4n) is 2.16. The third-order valence-corrected chi connectivity index (χ3v) is 3.36. The van der Waals surface area contributed by atoms with Crippen LogP contribution in [0.15, 0.2) is 30.3 Å². The number of ether oxygens (including phenoxy) is 1. The molecule has 1 aliphatic carbocycles. The highest BCUT2D eigenvalue weighted by molar-refractivity contribution is 5.69. The Hall–Kier alpha value is -1.51. The van der Waals surface area contributed by atoms with Gasteiger partial charge in [-0.05, 0) is 32.8 Å². The highest BCUT2D eigenvalue weighted by atomic mass is 16.6. The number of rotatable bonds is 2. The summed E-state index contributed by atoms with van der Waals surface area (Å²) in [5, 5.41) is 2.94. The molecule has 1 aliphatic rings. The number of hydrogen-bond donors (Lipinski definition) is 1. The van der Waals surface area contributed by atoms with Gasteiger partial charge in [0, 0.05) is 11.5 Å². The topological polar surface area (TPSA) is 38.3 Å². The molecule has 1 aromatic carbocycles. The van der Waals surface area contributed by atoms with Crippen LogP contribution in [0.3, 0.4) is 0 Å². The van der Waals surface area contributed by atoms with Gasteiger partial charge < -0.3 is 10.1 Å². The maximum absolute atomic E-state index is 11.7. The molecule has 1 amide bonds. The normalized spacial score (nSPS) is 26.6. The molecule has 2 rings (SSSR count). The quantitative estimate of drug-likeness (QED) is 0.871. The van der Waals surface area contributed by atoms with E-state index in [2.05, 4.69) is 24.4 Å². The van der Waals surface area contributed by atoms with Crippen LogP contribution in [-0.2, 0) is 10.2 Å². The number of carbonyl (C=O) groups excluding carboxylic acids is 1. The molecule has 18 heavy (non-hydrogen) atoms. The lowest BCUT2D eigenvalue weighted by Crippen LogP contribution is -2.36. The third-order valence-electron chi connectivity index (χ3n) is 3.36. The molecule has 0 radical (unpaired) electrons. The van der Waals surface area contributed by atoms with Crippen LogP contribution in [0.5, 0.6) is 0 Å². The van der Waals surface area contributed by atoms with E-state index in [1.807, 2.05) is 39.0 Å². The Labute approximate surface area is 109 Å². The van der Waals surface area contributed by atoms with E-state index in [4.69, 9.17) is 4.74 Å². The van der Waals surface area contributed by atoms with Gasteiger partial charge in [0.15, 0.2) is 0 Å². The molecule has 2 atom stereocenters. The first-order chi connectivity index (χ1) is 8.31. The summed E-state index contributed by atoms with van der Waals surface area (Å²) in [5.74, 6) is 0. The number of hydrogen-bond acceptors (Lipinski definition) is 2. The van der Waals surface area contributed by atoms with Crippen molar-refractivity contribution < 1.29 is 9.53 Å². The van der Waals surface area contributed by atoms with Gasteiger partial charge in [-0.25, -0.2) is 4.79 Å². The number of alkyl carbamates (subject to hydrolysis) is 1. The zero-order valence-electron chi connectivity index (χ0n) is 11.5. The van der Waals surface area contributed by atoms with Crippen molar-refractivity contribution in [1.82, 2.24) is 5.32 Å². The van der Waals surface area contributed by atoms with Gasteiger partial charge >= 0.3 is 6.09 Å². The van der Waals surface area contributed by atoms with E-state index in [1.165, 1.54) is 5.56 Å². The molecular formula is C15H21NO2. The van der Waals surface area contributed by atoms with E-state index in [0.717, 1.165) is 6.42 Å². The van der Waals surface area contributed by atoms with Crippen LogP contribution in [0.25, 0.3) is 0 Å². The SMILES string of the molecule is CC(C)(C)OC(=O)NC1CC1(C)c1ccccc1. The molecule has 0 aliphatic heterocycles. The monoisotopic (exact) mass is 247 g/mol. The van der Waals surface area contributed by atoms with Crippen molar-refractivity contribution in [2.24, 2.45) is 0 Å². The fourth-order valence-corrected chi connectivity index (χ4v) is 2.16. The summed E-state index contributed by atoms with van der Waals surface area (Å²) in [4.78, 5) is 11.7. The zero-order chi connectivity index (χ0) is 13.4. The van der Waals surface area contributed by atoms with Gasteiger partial charge in [-0.1, -0.05) is 37.3 Å². The molecule has 3 nitrogen and oxygen atoms in total. The standard InChI is InChI=1S/C15H21NO2/c1-14(2,3)18-13(17)16-12-10-15(12,4)11-8-6-5-7-9-11/h5-9,12H,10H2,1-4H3,(H,16,17). The summed E-state index contributed by atoms with van der Waals surface area (Å²) in [6, 6.07) is 10.5. The van der Waals surface area contributed by atoms with Gasteiger partial charge in [0.25, 0.3) is 0 Å². The highest BCUT2D eigenvalue weighted by Crippen LogP contribution is 2.47. The predicted octanol–water partition coefficient (Wildman–Crippen LogP) is 3.24. The van der Waals surface area contributed by atoms with Crippen LogP contribution in [0, 0.1) is 0 Å². The molecule has 1 aromatic rings. The van der Waals surface area contributed by atoms with Crippen molar-refractivity contribution in [1.29, 1.82) is 0 Å². The van der Waals surface area contributed by atoms with E-state index < -0.39 is 5.60 Å². The molecular weight excluding hydrogens is 226 g/mol. The van der Waals surface area contributed by atoms with Gasteiger partial charge in [-0.15, -0.1) is 0 Å². The molecule has 1 saturated carbocycles. The lowest BCUT2D eigenvalue weighted by molar-refractivity contribution is 0.0520. The lowest BCUT2D eigenvalue weighted by Gasteiger charge is -2.20. The van der Waals surface area contributed by atoms with Crippen LogP contribution in [0.1, 0.15) is 39.7 Å². The summed E-state index contributed by atoms with van der Waals surface area (Å²) in [5.41, 5.74) is 0.881. The molecule has 0 heterocycles. The average Bonchev–Trinajstić information content (AvgIpc) is 2.89. The minimum Gasteiger partial charge on any atom is -0.444 e. The first kappa shape index (κ1) is 12.9. The molecule has 0 aromatic heterocycles. The largest absolute Gasteiger partial charge is 0.444 e. The first-order valence-corrected chi connectivity index (χ1v) is 6.36. The van der Waals surface area contributed by atoms with Crippen LogP contribution in [0.4, 0.5) is 4.79 Å². The van der Waals surface area contributed by atoms with Gasteiger partial charge in [0.05, 0.1) is 0 Å². The van der Waals surface area contributed by atoms with Crippen LogP contribution in [0.2, 0.25) is 0 Å². The zero-order valence-corrected chi connectivity index (χ0v) is 11.5. The van der Waals surface area contributed by atoms with E-state index in [1.54, 1.807) is 0 Å². The maximum atomic E-state index is 11.7. The second-order valence-corrected chi connectivity index (χ2v) is 6.19. The second-order valence-electron chi connectivity index (χ2n) is 6.19. The van der Waals surface area contributed by atoms with Crippen molar-refractivity contribution >= 4 is 6.09 Å². The average molecular weight is 247 g/mol. The first-order valence-electron chi connectivity index (χ1n) is 6.36. The fraction of sp³-hybridized carbons (Fsp3) is 0.533. The Balaban J connectivity index is 1.94. The van der Waals surface area contributed by atoms with Crippen molar-refractivity contribution in [3.63, 3.8) is 0 Å². The Morgan fingerprint density at radius 3 is 2.50 bits per heavy atom.